The Kier molecular flexibility index (Phi) is 2.69. The van der Waals surface area contributed by atoms with E-state index in [0.717, 1.165) is 19.4 Å². The van der Waals surface area contributed by atoms with E-state index in [1.165, 1.54) is 12.8 Å². The molecule has 0 spiro atoms. The Balaban J connectivity index is 2.41. The molecule has 0 aliphatic carbocycles. The van der Waals surface area contributed by atoms with E-state index in [2.05, 4.69) is 0 Å². The van der Waals surface area contributed by atoms with E-state index < -0.39 is 0 Å². The molecule has 0 radical (unpaired) electrons. The molecular formula is C8H16O2. The van der Waals surface area contributed by atoms with Gasteiger partial charge in [-0.1, -0.05) is 12.8 Å². The molecule has 1 heterocycles. The molecule has 60 valence electrons. The third kappa shape index (κ3) is 1.96. The summed E-state index contributed by atoms with van der Waals surface area (Å²) >= 11 is 0. The lowest BCUT2D eigenvalue weighted by Crippen LogP contribution is -2.32. The maximum absolute atomic E-state index is 8.95. The Morgan fingerprint density at radius 3 is 2.90 bits per heavy atom. The molecule has 0 aromatic rings. The van der Waals surface area contributed by atoms with Crippen LogP contribution in [0.5, 0.6) is 0 Å². The van der Waals surface area contributed by atoms with E-state index in [1.807, 2.05) is 6.92 Å². The van der Waals surface area contributed by atoms with Gasteiger partial charge in [0.15, 0.2) is 0 Å². The topological polar surface area (TPSA) is 29.5 Å². The summed E-state index contributed by atoms with van der Waals surface area (Å²) in [7, 11) is 0. The minimum absolute atomic E-state index is 0.160. The number of ether oxygens (including phenoxy) is 1. The fraction of sp³-hybridized carbons (Fsp3) is 1.00. The summed E-state index contributed by atoms with van der Waals surface area (Å²) in [5.41, 5.74) is -0.240. The van der Waals surface area contributed by atoms with Gasteiger partial charge in [0.25, 0.3) is 0 Å². The van der Waals surface area contributed by atoms with Crippen molar-refractivity contribution in [3.8, 4) is 0 Å². The van der Waals surface area contributed by atoms with E-state index in [1.54, 1.807) is 0 Å². The van der Waals surface area contributed by atoms with E-state index in [9.17, 15) is 0 Å². The minimum Gasteiger partial charge on any atom is -0.393 e. The van der Waals surface area contributed by atoms with E-state index in [4.69, 9.17) is 9.84 Å². The highest BCUT2D eigenvalue weighted by Crippen LogP contribution is 2.22. The molecule has 2 heteroatoms. The van der Waals surface area contributed by atoms with E-state index in [-0.39, 0.29) is 12.2 Å². The largest absolute Gasteiger partial charge is 0.393 e. The lowest BCUT2D eigenvalue weighted by Gasteiger charge is -2.25. The van der Waals surface area contributed by atoms with E-state index in [0.29, 0.717) is 0 Å². The molecule has 0 bridgehead atoms. The predicted octanol–water partition coefficient (Wildman–Crippen LogP) is 1.33. The first-order valence-electron chi connectivity index (χ1n) is 4.02. The van der Waals surface area contributed by atoms with Crippen LogP contribution < -0.4 is 0 Å². The SMILES string of the molecule is C[C@]1(CO)CCCCCO1. The van der Waals surface area contributed by atoms with Gasteiger partial charge in [-0.25, -0.2) is 0 Å². The fourth-order valence-corrected chi connectivity index (χ4v) is 1.29. The molecule has 0 aromatic carbocycles. The highest BCUT2D eigenvalue weighted by Gasteiger charge is 2.24. The summed E-state index contributed by atoms with van der Waals surface area (Å²) in [6.45, 7) is 2.96. The van der Waals surface area contributed by atoms with Gasteiger partial charge < -0.3 is 9.84 Å². The van der Waals surface area contributed by atoms with Crippen molar-refractivity contribution >= 4 is 0 Å². The quantitative estimate of drug-likeness (QED) is 0.601. The van der Waals surface area contributed by atoms with Crippen molar-refractivity contribution in [1.82, 2.24) is 0 Å². The van der Waals surface area contributed by atoms with Crippen LogP contribution in [-0.2, 0) is 4.74 Å². The predicted molar refractivity (Wildman–Crippen MR) is 39.9 cm³/mol. The third-order valence-corrected chi connectivity index (χ3v) is 2.13. The van der Waals surface area contributed by atoms with Crippen molar-refractivity contribution < 1.29 is 9.84 Å². The number of hydrogen-bond acceptors (Lipinski definition) is 2. The molecule has 0 saturated carbocycles. The zero-order chi connectivity index (χ0) is 7.45. The summed E-state index contributed by atoms with van der Waals surface area (Å²) in [5.74, 6) is 0. The van der Waals surface area contributed by atoms with Crippen LogP contribution in [0.25, 0.3) is 0 Å². The average Bonchev–Trinajstić information content (AvgIpc) is 2.15. The van der Waals surface area contributed by atoms with Gasteiger partial charge in [-0.3, -0.25) is 0 Å². The second-order valence-electron chi connectivity index (χ2n) is 3.27. The van der Waals surface area contributed by atoms with Crippen molar-refractivity contribution in [2.75, 3.05) is 13.2 Å². The zero-order valence-corrected chi connectivity index (χ0v) is 6.60. The van der Waals surface area contributed by atoms with Crippen LogP contribution in [0.15, 0.2) is 0 Å². The van der Waals surface area contributed by atoms with Gasteiger partial charge >= 0.3 is 0 Å². The first kappa shape index (κ1) is 8.02. The highest BCUT2D eigenvalue weighted by atomic mass is 16.5. The number of hydrogen-bond donors (Lipinski definition) is 1. The Morgan fingerprint density at radius 1 is 1.40 bits per heavy atom. The molecule has 0 amide bonds. The van der Waals surface area contributed by atoms with E-state index >= 15 is 0 Å². The number of aliphatic hydroxyl groups is 1. The van der Waals surface area contributed by atoms with Crippen LogP contribution in [0.3, 0.4) is 0 Å². The first-order valence-corrected chi connectivity index (χ1v) is 4.02. The smallest absolute Gasteiger partial charge is 0.0884 e. The lowest BCUT2D eigenvalue weighted by atomic mass is 10.0. The maximum Gasteiger partial charge on any atom is 0.0884 e. The van der Waals surface area contributed by atoms with Crippen LogP contribution in [0, 0.1) is 0 Å². The molecule has 1 atom stereocenters. The van der Waals surface area contributed by atoms with Gasteiger partial charge in [-0.15, -0.1) is 0 Å². The standard InChI is InChI=1S/C8H16O2/c1-8(7-9)5-3-2-4-6-10-8/h9H,2-7H2,1H3/t8-/m1/s1. The Morgan fingerprint density at radius 2 is 2.20 bits per heavy atom. The van der Waals surface area contributed by atoms with Gasteiger partial charge in [0.1, 0.15) is 0 Å². The number of rotatable bonds is 1. The molecule has 2 nitrogen and oxygen atoms in total. The van der Waals surface area contributed by atoms with Crippen molar-refractivity contribution in [3.63, 3.8) is 0 Å². The summed E-state index contributed by atoms with van der Waals surface area (Å²) in [6, 6.07) is 0. The lowest BCUT2D eigenvalue weighted by molar-refractivity contribution is -0.0637. The van der Waals surface area contributed by atoms with Gasteiger partial charge in [0.05, 0.1) is 12.2 Å². The molecule has 10 heavy (non-hydrogen) atoms. The van der Waals surface area contributed by atoms with Crippen molar-refractivity contribution in [1.29, 1.82) is 0 Å². The second kappa shape index (κ2) is 3.35. The molecule has 1 N–H and O–H groups in total. The fourth-order valence-electron chi connectivity index (χ4n) is 1.29. The normalized spacial score (nSPS) is 35.4. The molecule has 1 aliphatic rings. The molecule has 1 aliphatic heterocycles. The van der Waals surface area contributed by atoms with Crippen LogP contribution in [0.1, 0.15) is 32.6 Å². The number of aliphatic hydroxyl groups excluding tert-OH is 1. The van der Waals surface area contributed by atoms with Gasteiger partial charge in [-0.05, 0) is 19.8 Å². The molecule has 1 saturated heterocycles. The van der Waals surface area contributed by atoms with Gasteiger partial charge in [0.2, 0.25) is 0 Å². The van der Waals surface area contributed by atoms with Crippen LogP contribution in [0.4, 0.5) is 0 Å². The Bertz CT molecular complexity index is 93.4. The zero-order valence-electron chi connectivity index (χ0n) is 6.60. The third-order valence-electron chi connectivity index (χ3n) is 2.13. The highest BCUT2D eigenvalue weighted by molar-refractivity contribution is 4.75. The molecule has 0 aromatic heterocycles. The summed E-state index contributed by atoms with van der Waals surface area (Å²) in [6.07, 6.45) is 4.59. The molecule has 0 unspecified atom stereocenters. The monoisotopic (exact) mass is 144 g/mol. The van der Waals surface area contributed by atoms with Gasteiger partial charge in [0, 0.05) is 6.61 Å². The van der Waals surface area contributed by atoms with Crippen LogP contribution >= 0.6 is 0 Å². The average molecular weight is 144 g/mol. The van der Waals surface area contributed by atoms with Crippen LogP contribution in [-0.4, -0.2) is 23.9 Å². The van der Waals surface area contributed by atoms with Gasteiger partial charge in [-0.2, -0.15) is 0 Å². The molecule has 1 fully saturated rings. The Hall–Kier alpha value is -0.0800. The summed E-state index contributed by atoms with van der Waals surface area (Å²) in [5, 5.41) is 8.95. The first-order chi connectivity index (χ1) is 4.77. The van der Waals surface area contributed by atoms with Crippen molar-refractivity contribution in [2.45, 2.75) is 38.2 Å². The summed E-state index contributed by atoms with van der Waals surface area (Å²) < 4.78 is 5.49. The molecule has 1 rings (SSSR count). The van der Waals surface area contributed by atoms with Crippen LogP contribution in [0.2, 0.25) is 0 Å². The Labute approximate surface area is 62.2 Å². The van der Waals surface area contributed by atoms with Crippen molar-refractivity contribution in [3.05, 3.63) is 0 Å². The maximum atomic E-state index is 8.95. The second-order valence-corrected chi connectivity index (χ2v) is 3.27. The van der Waals surface area contributed by atoms with Crippen molar-refractivity contribution in [2.24, 2.45) is 0 Å². The summed E-state index contributed by atoms with van der Waals surface area (Å²) in [4.78, 5) is 0. The minimum atomic E-state index is -0.240. The molecular weight excluding hydrogens is 128 g/mol.